The fourth-order valence-corrected chi connectivity index (χ4v) is 9.95. The lowest BCUT2D eigenvalue weighted by Crippen LogP contribution is -2.70. The number of nitrogens with zero attached hydrogens (tertiary/aromatic N) is 2. The number of rotatable bonds is 19. The SMILES string of the molecule is C=CCOC12Oc3ccc(OC(=O)NCc4ccccc4)cc3C3C(CCCCO)C(CCCCO)C=C(C(=NOC(C)(C)C)CC1N(CCC)C(=O)c1ccc4ccccc4c1)C32. The van der Waals surface area contributed by atoms with Gasteiger partial charge in [0.15, 0.2) is 0 Å². The molecule has 4 aromatic carbocycles. The Labute approximate surface area is 378 Å². The highest BCUT2D eigenvalue weighted by Gasteiger charge is 2.65. The molecule has 0 bridgehead atoms. The molecule has 6 unspecified atom stereocenters. The number of amides is 2. The molecule has 7 rings (SSSR count). The molecule has 0 spiro atoms. The second kappa shape index (κ2) is 21.0. The molecular weight excluding hydrogens is 807 g/mol. The lowest BCUT2D eigenvalue weighted by atomic mass is 9.55. The normalized spacial score (nSPS) is 23.0. The van der Waals surface area contributed by atoms with Crippen LogP contribution in [0.3, 0.4) is 0 Å². The van der Waals surface area contributed by atoms with Gasteiger partial charge in [-0.25, -0.2) is 4.79 Å². The second-order valence-corrected chi connectivity index (χ2v) is 18.3. The van der Waals surface area contributed by atoms with Crippen molar-refractivity contribution < 1.29 is 38.9 Å². The van der Waals surface area contributed by atoms with Crippen molar-refractivity contribution >= 4 is 28.5 Å². The van der Waals surface area contributed by atoms with E-state index in [2.05, 4.69) is 24.9 Å². The van der Waals surface area contributed by atoms with Crippen LogP contribution in [-0.2, 0) is 16.1 Å². The van der Waals surface area contributed by atoms with Crippen LogP contribution in [0.15, 0.2) is 120 Å². The number of aliphatic hydroxyl groups is 2. The van der Waals surface area contributed by atoms with Crippen molar-refractivity contribution in [3.63, 3.8) is 0 Å². The predicted molar refractivity (Wildman–Crippen MR) is 250 cm³/mol. The van der Waals surface area contributed by atoms with Crippen molar-refractivity contribution in [1.29, 1.82) is 0 Å². The molecule has 2 amide bonds. The summed E-state index contributed by atoms with van der Waals surface area (Å²) in [4.78, 5) is 36.7. The summed E-state index contributed by atoms with van der Waals surface area (Å²) >= 11 is 0. The van der Waals surface area contributed by atoms with Gasteiger partial charge in [0.05, 0.1) is 18.2 Å². The summed E-state index contributed by atoms with van der Waals surface area (Å²) in [5, 5.41) is 29.8. The lowest BCUT2D eigenvalue weighted by Gasteiger charge is -2.60. The maximum Gasteiger partial charge on any atom is 0.412 e. The van der Waals surface area contributed by atoms with Crippen LogP contribution in [0.25, 0.3) is 10.8 Å². The van der Waals surface area contributed by atoms with Gasteiger partial charge in [0.1, 0.15) is 23.1 Å². The standard InChI is InChI=1S/C53H65N3O8/c1-6-27-56(50(59)40-24-23-37-19-11-12-20-38(37)31-40)47-34-45(55-64-52(3,4)5)43-32-39(21-13-15-28-57)42(22-14-16-29-58)48-44-33-41(62-51(60)54-35-36-17-9-8-10-18-36)25-26-46(44)63-53(47,49(43)48)61-30-7-2/h7-12,17-20,23-26,31-33,39,42,47-49,57-58H,2,6,13-16,21-22,27-30,34-35H2,1,3-5H3,(H,54,60). The van der Waals surface area contributed by atoms with E-state index in [1.54, 1.807) is 12.1 Å². The van der Waals surface area contributed by atoms with Crippen LogP contribution in [0.1, 0.15) is 106 Å². The number of hydrogen-bond acceptors (Lipinski definition) is 9. The average Bonchev–Trinajstić information content (AvgIpc) is 3.29. The van der Waals surface area contributed by atoms with Gasteiger partial charge in [-0.2, -0.15) is 0 Å². The maximum absolute atomic E-state index is 15.2. The zero-order valence-electron chi connectivity index (χ0n) is 37.8. The molecule has 0 aromatic heterocycles. The summed E-state index contributed by atoms with van der Waals surface area (Å²) in [6.07, 6.45) is 8.91. The van der Waals surface area contributed by atoms with E-state index in [-0.39, 0.29) is 49.9 Å². The first kappa shape index (κ1) is 46.5. The number of benzene rings is 4. The molecule has 4 aromatic rings. The Morgan fingerprint density at radius 2 is 1.67 bits per heavy atom. The maximum atomic E-state index is 15.2. The summed E-state index contributed by atoms with van der Waals surface area (Å²) in [6.45, 7) is 13.1. The third-order valence-corrected chi connectivity index (χ3v) is 12.7. The quantitative estimate of drug-likeness (QED) is 0.0481. The average molecular weight is 872 g/mol. The molecule has 11 nitrogen and oxygen atoms in total. The van der Waals surface area contributed by atoms with E-state index in [4.69, 9.17) is 24.2 Å². The number of oxime groups is 1. The van der Waals surface area contributed by atoms with Crippen molar-refractivity contribution in [3.8, 4) is 11.5 Å². The molecule has 3 N–H and O–H groups in total. The number of nitrogens with one attached hydrogen (secondary N) is 1. The third-order valence-electron chi connectivity index (χ3n) is 12.7. The molecule has 0 radical (unpaired) electrons. The number of hydrogen-bond donors (Lipinski definition) is 3. The number of fused-ring (bicyclic) bond motifs is 3. The van der Waals surface area contributed by atoms with Crippen LogP contribution >= 0.6 is 0 Å². The van der Waals surface area contributed by atoms with Crippen LogP contribution in [0.2, 0.25) is 0 Å². The fourth-order valence-electron chi connectivity index (χ4n) is 9.95. The van der Waals surface area contributed by atoms with Gasteiger partial charge >= 0.3 is 6.09 Å². The van der Waals surface area contributed by atoms with Crippen LogP contribution in [0.5, 0.6) is 11.5 Å². The fraction of sp³-hybridized carbons (Fsp3) is 0.453. The summed E-state index contributed by atoms with van der Waals surface area (Å²) in [5.74, 6) is -1.33. The first-order valence-electron chi connectivity index (χ1n) is 23.1. The van der Waals surface area contributed by atoms with Crippen molar-refractivity contribution in [2.75, 3.05) is 26.4 Å². The molecule has 0 saturated heterocycles. The minimum Gasteiger partial charge on any atom is -0.459 e. The number of carbonyl (C=O) groups is 2. The zero-order valence-corrected chi connectivity index (χ0v) is 37.8. The Morgan fingerprint density at radius 1 is 0.938 bits per heavy atom. The molecule has 1 heterocycles. The van der Waals surface area contributed by atoms with E-state index < -0.39 is 29.4 Å². The van der Waals surface area contributed by atoms with E-state index in [1.807, 2.05) is 111 Å². The lowest BCUT2D eigenvalue weighted by molar-refractivity contribution is -0.254. The van der Waals surface area contributed by atoms with Gasteiger partial charge in [0, 0.05) is 49.8 Å². The van der Waals surface area contributed by atoms with Crippen molar-refractivity contribution in [1.82, 2.24) is 10.2 Å². The highest BCUT2D eigenvalue weighted by molar-refractivity contribution is 6.04. The monoisotopic (exact) mass is 871 g/mol. The molecule has 2 aliphatic carbocycles. The largest absolute Gasteiger partial charge is 0.459 e. The molecule has 3 aliphatic rings. The van der Waals surface area contributed by atoms with E-state index in [1.165, 1.54) is 0 Å². The smallest absolute Gasteiger partial charge is 0.412 e. The Balaban J connectivity index is 1.41. The molecule has 1 aliphatic heterocycles. The summed E-state index contributed by atoms with van der Waals surface area (Å²) < 4.78 is 20.5. The Morgan fingerprint density at radius 3 is 2.39 bits per heavy atom. The molecular formula is C53H65N3O8. The van der Waals surface area contributed by atoms with Gasteiger partial charge in [-0.3, -0.25) is 4.79 Å². The third kappa shape index (κ3) is 10.4. The predicted octanol–water partition coefficient (Wildman–Crippen LogP) is 10.1. The van der Waals surface area contributed by atoms with Crippen LogP contribution in [-0.4, -0.2) is 76.6 Å². The van der Waals surface area contributed by atoms with Gasteiger partial charge in [0.25, 0.3) is 5.91 Å². The number of aliphatic hydroxyl groups excluding tert-OH is 2. The zero-order chi connectivity index (χ0) is 45.3. The molecule has 11 heteroatoms. The van der Waals surface area contributed by atoms with Gasteiger partial charge in [-0.05, 0) is 117 Å². The van der Waals surface area contributed by atoms with Crippen LogP contribution in [0, 0.1) is 17.8 Å². The van der Waals surface area contributed by atoms with Gasteiger partial charge in [0.2, 0.25) is 5.79 Å². The van der Waals surface area contributed by atoms with E-state index in [0.717, 1.165) is 58.9 Å². The molecule has 1 fully saturated rings. The molecule has 6 atom stereocenters. The number of carbonyl (C=O) groups excluding carboxylic acids is 2. The van der Waals surface area contributed by atoms with E-state index >= 15 is 4.79 Å². The van der Waals surface area contributed by atoms with E-state index in [0.29, 0.717) is 49.4 Å². The second-order valence-electron chi connectivity index (χ2n) is 18.3. The van der Waals surface area contributed by atoms with Crippen molar-refractivity contribution in [2.45, 2.75) is 109 Å². The Kier molecular flexibility index (Phi) is 15.3. The summed E-state index contributed by atoms with van der Waals surface area (Å²) in [5.41, 5.74) is 3.43. The highest BCUT2D eigenvalue weighted by Crippen LogP contribution is 2.62. The minimum absolute atomic E-state index is 0.00913. The van der Waals surface area contributed by atoms with Crippen molar-refractivity contribution in [3.05, 3.63) is 132 Å². The van der Waals surface area contributed by atoms with E-state index in [9.17, 15) is 15.0 Å². The van der Waals surface area contributed by atoms with Gasteiger partial charge in [-0.15, -0.1) is 6.58 Å². The Hall–Kier alpha value is -5.49. The minimum atomic E-state index is -1.42. The van der Waals surface area contributed by atoms with Gasteiger partial charge in [-0.1, -0.05) is 97.7 Å². The molecule has 1 saturated carbocycles. The number of allylic oxidation sites excluding steroid dienone is 1. The first-order valence-corrected chi connectivity index (χ1v) is 23.1. The highest BCUT2D eigenvalue weighted by atomic mass is 16.7. The number of ether oxygens (including phenoxy) is 3. The topological polar surface area (TPSA) is 139 Å². The van der Waals surface area contributed by atoms with Crippen molar-refractivity contribution in [2.24, 2.45) is 22.9 Å². The summed E-state index contributed by atoms with van der Waals surface area (Å²) in [6, 6.07) is 28.4. The molecule has 64 heavy (non-hydrogen) atoms. The first-order chi connectivity index (χ1) is 31.0. The van der Waals surface area contributed by atoms with Crippen LogP contribution < -0.4 is 14.8 Å². The summed E-state index contributed by atoms with van der Waals surface area (Å²) in [7, 11) is 0. The Bertz CT molecular complexity index is 2300. The van der Waals surface area contributed by atoms with Gasteiger partial charge < -0.3 is 39.5 Å². The number of unbranched alkanes of at least 4 members (excludes halogenated alkanes) is 2. The van der Waals surface area contributed by atoms with Crippen LogP contribution in [0.4, 0.5) is 4.79 Å². The molecule has 340 valence electrons.